The highest BCUT2D eigenvalue weighted by Gasteiger charge is 2.16. The SMILES string of the molecule is COc1ccc([C@H](C)N)c(OCC2CCCCC2)c1. The molecule has 1 atom stereocenters. The van der Waals surface area contributed by atoms with Gasteiger partial charge in [-0.2, -0.15) is 0 Å². The van der Waals surface area contributed by atoms with Gasteiger partial charge in [-0.25, -0.2) is 0 Å². The largest absolute Gasteiger partial charge is 0.497 e. The second-order valence-corrected chi connectivity index (χ2v) is 5.51. The van der Waals surface area contributed by atoms with Gasteiger partial charge < -0.3 is 15.2 Å². The Morgan fingerprint density at radius 2 is 2.00 bits per heavy atom. The molecule has 2 N–H and O–H groups in total. The summed E-state index contributed by atoms with van der Waals surface area (Å²) in [5, 5.41) is 0. The highest BCUT2D eigenvalue weighted by Crippen LogP contribution is 2.30. The van der Waals surface area contributed by atoms with E-state index in [1.807, 2.05) is 25.1 Å². The van der Waals surface area contributed by atoms with Crippen LogP contribution in [0, 0.1) is 5.92 Å². The minimum atomic E-state index is -0.0211. The Morgan fingerprint density at radius 3 is 2.63 bits per heavy atom. The average molecular weight is 263 g/mol. The van der Waals surface area contributed by atoms with Crippen LogP contribution < -0.4 is 15.2 Å². The van der Waals surface area contributed by atoms with Gasteiger partial charge in [0.2, 0.25) is 0 Å². The topological polar surface area (TPSA) is 44.5 Å². The van der Waals surface area contributed by atoms with E-state index < -0.39 is 0 Å². The number of ether oxygens (including phenoxy) is 2. The van der Waals surface area contributed by atoms with Crippen LogP contribution in [0.4, 0.5) is 0 Å². The second kappa shape index (κ2) is 6.80. The van der Waals surface area contributed by atoms with Crippen LogP contribution in [-0.2, 0) is 0 Å². The maximum absolute atomic E-state index is 6.02. The summed E-state index contributed by atoms with van der Waals surface area (Å²) in [5.74, 6) is 2.39. The summed E-state index contributed by atoms with van der Waals surface area (Å²) in [5.41, 5.74) is 7.05. The molecule has 2 rings (SSSR count). The van der Waals surface area contributed by atoms with E-state index in [0.717, 1.165) is 23.7 Å². The Labute approximate surface area is 116 Å². The molecule has 0 spiro atoms. The fraction of sp³-hybridized carbons (Fsp3) is 0.625. The van der Waals surface area contributed by atoms with Crippen molar-refractivity contribution in [1.82, 2.24) is 0 Å². The number of rotatable bonds is 5. The zero-order chi connectivity index (χ0) is 13.7. The van der Waals surface area contributed by atoms with E-state index in [9.17, 15) is 0 Å². The lowest BCUT2D eigenvalue weighted by molar-refractivity contribution is 0.206. The van der Waals surface area contributed by atoms with Crippen molar-refractivity contribution < 1.29 is 9.47 Å². The molecule has 19 heavy (non-hydrogen) atoms. The molecule has 1 aliphatic carbocycles. The molecule has 0 heterocycles. The highest BCUT2D eigenvalue weighted by molar-refractivity contribution is 5.42. The third-order valence-corrected chi connectivity index (χ3v) is 3.91. The van der Waals surface area contributed by atoms with E-state index in [0.29, 0.717) is 5.92 Å². The van der Waals surface area contributed by atoms with E-state index in [1.54, 1.807) is 7.11 Å². The van der Waals surface area contributed by atoms with Crippen molar-refractivity contribution in [3.8, 4) is 11.5 Å². The van der Waals surface area contributed by atoms with E-state index in [-0.39, 0.29) is 6.04 Å². The first-order valence-electron chi connectivity index (χ1n) is 7.27. The summed E-state index contributed by atoms with van der Waals surface area (Å²) >= 11 is 0. The fourth-order valence-electron chi connectivity index (χ4n) is 2.70. The Hall–Kier alpha value is -1.22. The molecule has 1 aromatic rings. The monoisotopic (exact) mass is 263 g/mol. The van der Waals surface area contributed by atoms with Crippen LogP contribution in [0.25, 0.3) is 0 Å². The van der Waals surface area contributed by atoms with Crippen molar-refractivity contribution in [2.24, 2.45) is 11.7 Å². The standard InChI is InChI=1S/C16H25NO2/c1-12(17)15-9-8-14(18-2)10-16(15)19-11-13-6-4-3-5-7-13/h8-10,12-13H,3-7,11,17H2,1-2H3/t12-/m0/s1. The predicted octanol–water partition coefficient (Wildman–Crippen LogP) is 3.67. The molecule has 3 heteroatoms. The van der Waals surface area contributed by atoms with Gasteiger partial charge in [0.05, 0.1) is 13.7 Å². The number of benzene rings is 1. The smallest absolute Gasteiger partial charge is 0.127 e. The van der Waals surface area contributed by atoms with Gasteiger partial charge in [0.25, 0.3) is 0 Å². The third kappa shape index (κ3) is 3.87. The van der Waals surface area contributed by atoms with Crippen LogP contribution in [-0.4, -0.2) is 13.7 Å². The van der Waals surface area contributed by atoms with Crippen molar-refractivity contribution in [3.63, 3.8) is 0 Å². The molecule has 0 radical (unpaired) electrons. The Kier molecular flexibility index (Phi) is 5.08. The van der Waals surface area contributed by atoms with Crippen molar-refractivity contribution >= 4 is 0 Å². The van der Waals surface area contributed by atoms with E-state index in [4.69, 9.17) is 15.2 Å². The molecule has 3 nitrogen and oxygen atoms in total. The fourth-order valence-corrected chi connectivity index (χ4v) is 2.70. The molecule has 0 saturated heterocycles. The molecular weight excluding hydrogens is 238 g/mol. The van der Waals surface area contributed by atoms with Crippen LogP contribution in [0.15, 0.2) is 18.2 Å². The maximum atomic E-state index is 6.02. The number of methoxy groups -OCH3 is 1. The quantitative estimate of drug-likeness (QED) is 0.881. The molecule has 0 bridgehead atoms. The van der Waals surface area contributed by atoms with E-state index in [1.165, 1.54) is 32.1 Å². The lowest BCUT2D eigenvalue weighted by Gasteiger charge is -2.23. The summed E-state index contributed by atoms with van der Waals surface area (Å²) in [6, 6.07) is 5.86. The van der Waals surface area contributed by atoms with Crippen molar-refractivity contribution in [1.29, 1.82) is 0 Å². The zero-order valence-electron chi connectivity index (χ0n) is 12.0. The molecule has 0 amide bonds. The lowest BCUT2D eigenvalue weighted by Crippen LogP contribution is -2.17. The molecule has 1 aliphatic rings. The van der Waals surface area contributed by atoms with Crippen LogP contribution in [0.5, 0.6) is 11.5 Å². The van der Waals surface area contributed by atoms with Gasteiger partial charge in [0.15, 0.2) is 0 Å². The summed E-state index contributed by atoms with van der Waals surface area (Å²) in [7, 11) is 1.67. The third-order valence-electron chi connectivity index (χ3n) is 3.91. The van der Waals surface area contributed by atoms with Gasteiger partial charge in [-0.3, -0.25) is 0 Å². The summed E-state index contributed by atoms with van der Waals surface area (Å²) in [6.45, 7) is 2.78. The van der Waals surface area contributed by atoms with Crippen LogP contribution in [0.2, 0.25) is 0 Å². The Morgan fingerprint density at radius 1 is 1.26 bits per heavy atom. The summed E-state index contributed by atoms with van der Waals surface area (Å²) in [6.07, 6.45) is 6.63. The van der Waals surface area contributed by atoms with Gasteiger partial charge >= 0.3 is 0 Å². The number of nitrogens with two attached hydrogens (primary N) is 1. The van der Waals surface area contributed by atoms with Crippen molar-refractivity contribution in [3.05, 3.63) is 23.8 Å². The van der Waals surface area contributed by atoms with E-state index in [2.05, 4.69) is 0 Å². The lowest BCUT2D eigenvalue weighted by atomic mass is 9.90. The number of hydrogen-bond acceptors (Lipinski definition) is 3. The summed E-state index contributed by atoms with van der Waals surface area (Å²) < 4.78 is 11.3. The van der Waals surface area contributed by atoms with Crippen LogP contribution >= 0.6 is 0 Å². The van der Waals surface area contributed by atoms with Gasteiger partial charge in [-0.1, -0.05) is 25.3 Å². The van der Waals surface area contributed by atoms with Crippen molar-refractivity contribution in [2.45, 2.75) is 45.1 Å². The molecule has 0 aliphatic heterocycles. The molecule has 1 saturated carbocycles. The first-order chi connectivity index (χ1) is 9.20. The van der Waals surface area contributed by atoms with E-state index >= 15 is 0 Å². The normalized spacial score (nSPS) is 18.1. The van der Waals surface area contributed by atoms with Crippen molar-refractivity contribution in [2.75, 3.05) is 13.7 Å². The van der Waals surface area contributed by atoms with Gasteiger partial charge in [0.1, 0.15) is 11.5 Å². The first-order valence-corrected chi connectivity index (χ1v) is 7.27. The molecule has 1 fully saturated rings. The van der Waals surface area contributed by atoms with Gasteiger partial charge in [-0.15, -0.1) is 0 Å². The minimum Gasteiger partial charge on any atom is -0.497 e. The first kappa shape index (κ1) is 14.2. The molecular formula is C16H25NO2. The highest BCUT2D eigenvalue weighted by atomic mass is 16.5. The maximum Gasteiger partial charge on any atom is 0.127 e. The second-order valence-electron chi connectivity index (χ2n) is 5.51. The van der Waals surface area contributed by atoms with Crippen LogP contribution in [0.3, 0.4) is 0 Å². The zero-order valence-corrected chi connectivity index (χ0v) is 12.0. The molecule has 1 aromatic carbocycles. The summed E-state index contributed by atoms with van der Waals surface area (Å²) in [4.78, 5) is 0. The minimum absolute atomic E-state index is 0.0211. The molecule has 0 unspecified atom stereocenters. The molecule has 106 valence electrons. The van der Waals surface area contributed by atoms with Crippen LogP contribution in [0.1, 0.15) is 50.6 Å². The molecule has 0 aromatic heterocycles. The Balaban J connectivity index is 2.03. The Bertz CT molecular complexity index is 398. The average Bonchev–Trinajstić information content (AvgIpc) is 2.45. The van der Waals surface area contributed by atoms with Gasteiger partial charge in [0, 0.05) is 17.7 Å². The van der Waals surface area contributed by atoms with Gasteiger partial charge in [-0.05, 0) is 31.7 Å². The number of hydrogen-bond donors (Lipinski definition) is 1. The predicted molar refractivity (Wildman–Crippen MR) is 77.7 cm³/mol.